The monoisotopic (exact) mass is 409 g/mol. The standard InChI is InChI=1S/C25H35N3O2/c1-4-14-27(5-2)18-24-26-15-23(30-24)21-17-28(16-19-10-7-6-8-11-19)25-20(21)12-9-13-22(25)29-3/h9,12-13,15,17,19H,4-8,10-11,14,16,18H2,1-3H3. The lowest BCUT2D eigenvalue weighted by molar-refractivity contribution is 0.252. The molecule has 0 N–H and O–H groups in total. The van der Waals surface area contributed by atoms with Crippen molar-refractivity contribution in [2.24, 2.45) is 5.92 Å². The summed E-state index contributed by atoms with van der Waals surface area (Å²) in [5, 5.41) is 1.17. The Bertz CT molecular complexity index is 953. The average Bonchev–Trinajstić information content (AvgIpc) is 3.39. The fraction of sp³-hybridized carbons (Fsp3) is 0.560. The highest BCUT2D eigenvalue weighted by Gasteiger charge is 2.21. The van der Waals surface area contributed by atoms with E-state index in [0.29, 0.717) is 0 Å². The van der Waals surface area contributed by atoms with Crippen LogP contribution in [0.15, 0.2) is 35.0 Å². The molecule has 1 fully saturated rings. The maximum Gasteiger partial charge on any atom is 0.209 e. The van der Waals surface area contributed by atoms with E-state index in [4.69, 9.17) is 9.15 Å². The highest BCUT2D eigenvalue weighted by atomic mass is 16.5. The third-order valence-corrected chi connectivity index (χ3v) is 6.43. The first-order chi connectivity index (χ1) is 14.7. The van der Waals surface area contributed by atoms with E-state index >= 15 is 0 Å². The first-order valence-electron chi connectivity index (χ1n) is 11.6. The molecular formula is C25H35N3O2. The van der Waals surface area contributed by atoms with E-state index < -0.39 is 0 Å². The molecule has 5 nitrogen and oxygen atoms in total. The molecule has 0 radical (unpaired) electrons. The number of nitrogens with zero attached hydrogens (tertiary/aromatic N) is 3. The van der Waals surface area contributed by atoms with Gasteiger partial charge in [0.15, 0.2) is 5.76 Å². The van der Waals surface area contributed by atoms with Crippen LogP contribution in [-0.2, 0) is 13.1 Å². The van der Waals surface area contributed by atoms with Gasteiger partial charge in [0.2, 0.25) is 5.89 Å². The minimum atomic E-state index is 0.740. The molecule has 162 valence electrons. The van der Waals surface area contributed by atoms with E-state index in [1.807, 2.05) is 6.20 Å². The van der Waals surface area contributed by atoms with Crippen LogP contribution in [-0.4, -0.2) is 34.7 Å². The zero-order chi connectivity index (χ0) is 20.9. The summed E-state index contributed by atoms with van der Waals surface area (Å²) in [6, 6.07) is 6.29. The molecule has 2 heterocycles. The van der Waals surface area contributed by atoms with Gasteiger partial charge in [0.25, 0.3) is 0 Å². The highest BCUT2D eigenvalue weighted by molar-refractivity contribution is 5.98. The van der Waals surface area contributed by atoms with Crippen molar-refractivity contribution in [3.05, 3.63) is 36.5 Å². The number of hydrogen-bond acceptors (Lipinski definition) is 4. The Hall–Kier alpha value is -2.27. The zero-order valence-corrected chi connectivity index (χ0v) is 18.7. The number of fused-ring (bicyclic) bond motifs is 1. The summed E-state index contributed by atoms with van der Waals surface area (Å²) < 4.78 is 14.3. The molecule has 5 heteroatoms. The maximum absolute atomic E-state index is 6.23. The Morgan fingerprint density at radius 3 is 2.77 bits per heavy atom. The lowest BCUT2D eigenvalue weighted by Gasteiger charge is -2.22. The molecule has 1 aliphatic rings. The third-order valence-electron chi connectivity index (χ3n) is 6.43. The van der Waals surface area contributed by atoms with Gasteiger partial charge in [0.05, 0.1) is 25.4 Å². The van der Waals surface area contributed by atoms with E-state index in [0.717, 1.165) is 61.5 Å². The quantitative estimate of drug-likeness (QED) is 0.427. The van der Waals surface area contributed by atoms with Gasteiger partial charge in [0.1, 0.15) is 5.75 Å². The molecule has 30 heavy (non-hydrogen) atoms. The highest BCUT2D eigenvalue weighted by Crippen LogP contribution is 2.37. The van der Waals surface area contributed by atoms with E-state index in [-0.39, 0.29) is 0 Å². The van der Waals surface area contributed by atoms with Crippen molar-refractivity contribution >= 4 is 10.9 Å². The fourth-order valence-corrected chi connectivity index (χ4v) is 4.84. The molecule has 0 amide bonds. The minimum Gasteiger partial charge on any atom is -0.495 e. The van der Waals surface area contributed by atoms with Crippen LogP contribution < -0.4 is 4.74 Å². The zero-order valence-electron chi connectivity index (χ0n) is 18.7. The van der Waals surface area contributed by atoms with Gasteiger partial charge < -0.3 is 13.7 Å². The van der Waals surface area contributed by atoms with Crippen LogP contribution in [0, 0.1) is 5.92 Å². The number of ether oxygens (including phenoxy) is 1. The molecule has 1 saturated carbocycles. The Kier molecular flexibility index (Phi) is 6.78. The number of rotatable bonds is 9. The maximum atomic E-state index is 6.23. The summed E-state index contributed by atoms with van der Waals surface area (Å²) in [7, 11) is 1.76. The molecule has 0 saturated heterocycles. The second-order valence-corrected chi connectivity index (χ2v) is 8.54. The Morgan fingerprint density at radius 1 is 1.20 bits per heavy atom. The van der Waals surface area contributed by atoms with Crippen molar-refractivity contribution in [2.45, 2.75) is 65.5 Å². The summed E-state index contributed by atoms with van der Waals surface area (Å²) in [5.41, 5.74) is 2.27. The Labute approximate surface area is 180 Å². The van der Waals surface area contributed by atoms with Gasteiger partial charge in [-0.15, -0.1) is 0 Å². The number of benzene rings is 1. The molecule has 0 unspecified atom stereocenters. The normalized spacial score (nSPS) is 15.3. The predicted octanol–water partition coefficient (Wildman–Crippen LogP) is 6.12. The van der Waals surface area contributed by atoms with Crippen molar-refractivity contribution in [3.63, 3.8) is 0 Å². The minimum absolute atomic E-state index is 0.740. The number of hydrogen-bond donors (Lipinski definition) is 0. The molecule has 0 atom stereocenters. The smallest absolute Gasteiger partial charge is 0.209 e. The van der Waals surface area contributed by atoms with Crippen LogP contribution in [0.2, 0.25) is 0 Å². The van der Waals surface area contributed by atoms with E-state index in [1.165, 1.54) is 43.0 Å². The molecule has 1 aromatic carbocycles. The molecule has 2 aromatic heterocycles. The molecule has 0 spiro atoms. The van der Waals surface area contributed by atoms with E-state index in [1.54, 1.807) is 7.11 Å². The van der Waals surface area contributed by atoms with Crippen molar-refractivity contribution in [3.8, 4) is 17.1 Å². The van der Waals surface area contributed by atoms with Gasteiger partial charge in [0, 0.05) is 23.7 Å². The van der Waals surface area contributed by atoms with E-state index in [9.17, 15) is 0 Å². The van der Waals surface area contributed by atoms with Crippen molar-refractivity contribution in [1.29, 1.82) is 0 Å². The number of aromatic nitrogens is 2. The summed E-state index contributed by atoms with van der Waals surface area (Å²) in [5.74, 6) is 3.30. The van der Waals surface area contributed by atoms with Crippen LogP contribution in [0.25, 0.3) is 22.2 Å². The first kappa shape index (κ1) is 21.0. The second kappa shape index (κ2) is 9.69. The summed E-state index contributed by atoms with van der Waals surface area (Å²) in [4.78, 5) is 6.95. The lowest BCUT2D eigenvalue weighted by atomic mass is 9.89. The molecular weight excluding hydrogens is 374 g/mol. The van der Waals surface area contributed by atoms with Crippen LogP contribution in [0.3, 0.4) is 0 Å². The summed E-state index contributed by atoms with van der Waals surface area (Å²) in [6.07, 6.45) is 12.0. The van der Waals surface area contributed by atoms with Gasteiger partial charge in [-0.25, -0.2) is 4.98 Å². The molecule has 0 bridgehead atoms. The molecule has 1 aliphatic carbocycles. The van der Waals surface area contributed by atoms with Crippen molar-refractivity contribution in [2.75, 3.05) is 20.2 Å². The van der Waals surface area contributed by atoms with Crippen molar-refractivity contribution in [1.82, 2.24) is 14.5 Å². The van der Waals surface area contributed by atoms with Gasteiger partial charge >= 0.3 is 0 Å². The number of methoxy groups -OCH3 is 1. The molecule has 0 aliphatic heterocycles. The van der Waals surface area contributed by atoms with Gasteiger partial charge in [-0.05, 0) is 44.3 Å². The molecule has 4 rings (SSSR count). The van der Waals surface area contributed by atoms with Gasteiger partial charge in [-0.1, -0.05) is 45.2 Å². The number of oxazole rings is 1. The van der Waals surface area contributed by atoms with Crippen LogP contribution in [0.1, 0.15) is 58.3 Å². The van der Waals surface area contributed by atoms with Crippen LogP contribution >= 0.6 is 0 Å². The SMILES string of the molecule is CCCN(CC)Cc1ncc(-c2cn(CC3CCCCC3)c3c(OC)cccc23)o1. The van der Waals surface area contributed by atoms with Gasteiger partial charge in [-0.3, -0.25) is 4.90 Å². The Morgan fingerprint density at radius 2 is 2.03 bits per heavy atom. The topological polar surface area (TPSA) is 43.4 Å². The van der Waals surface area contributed by atoms with Gasteiger partial charge in [-0.2, -0.15) is 0 Å². The first-order valence-corrected chi connectivity index (χ1v) is 11.6. The average molecular weight is 410 g/mol. The second-order valence-electron chi connectivity index (χ2n) is 8.54. The molecule has 3 aromatic rings. The lowest BCUT2D eigenvalue weighted by Crippen LogP contribution is -2.23. The van der Waals surface area contributed by atoms with Crippen LogP contribution in [0.4, 0.5) is 0 Å². The summed E-state index contributed by atoms with van der Waals surface area (Å²) >= 11 is 0. The predicted molar refractivity (Wildman–Crippen MR) is 122 cm³/mol. The largest absolute Gasteiger partial charge is 0.495 e. The van der Waals surface area contributed by atoms with Crippen LogP contribution in [0.5, 0.6) is 5.75 Å². The third kappa shape index (κ3) is 4.41. The summed E-state index contributed by atoms with van der Waals surface area (Å²) in [6.45, 7) is 8.25. The fourth-order valence-electron chi connectivity index (χ4n) is 4.84. The van der Waals surface area contributed by atoms with Crippen molar-refractivity contribution < 1.29 is 9.15 Å². The van der Waals surface area contributed by atoms with E-state index in [2.05, 4.69) is 52.7 Å². The number of para-hydroxylation sites is 1. The Balaban J connectivity index is 1.67.